The average molecular weight is 210 g/mol. The van der Waals surface area contributed by atoms with Crippen molar-refractivity contribution in [3.8, 4) is 0 Å². The molecule has 1 N–H and O–H groups in total. The lowest BCUT2D eigenvalue weighted by Gasteiger charge is -2.34. The molecule has 0 radical (unpaired) electrons. The lowest BCUT2D eigenvalue weighted by molar-refractivity contribution is 0.447. The highest BCUT2D eigenvalue weighted by molar-refractivity contribution is 7.08. The summed E-state index contributed by atoms with van der Waals surface area (Å²) in [7, 11) is 0. The van der Waals surface area contributed by atoms with Crippen LogP contribution in [0, 0.1) is 6.92 Å². The van der Waals surface area contributed by atoms with Crippen molar-refractivity contribution in [2.24, 2.45) is 0 Å². The number of aryl methyl sites for hydroxylation is 1. The Hall–Kier alpha value is -0.540. The molecule has 1 fully saturated rings. The molecule has 14 heavy (non-hydrogen) atoms. The molecule has 1 aliphatic heterocycles. The van der Waals surface area contributed by atoms with E-state index in [1.165, 1.54) is 17.7 Å². The van der Waals surface area contributed by atoms with E-state index in [0.29, 0.717) is 6.04 Å². The zero-order valence-electron chi connectivity index (χ0n) is 8.92. The van der Waals surface area contributed by atoms with Gasteiger partial charge in [0.15, 0.2) is 0 Å². The van der Waals surface area contributed by atoms with E-state index in [9.17, 15) is 0 Å². The summed E-state index contributed by atoms with van der Waals surface area (Å²) in [6, 6.07) is 0.669. The zero-order chi connectivity index (χ0) is 9.97. The smallest absolute Gasteiger partial charge is 0.0505 e. The van der Waals surface area contributed by atoms with Crippen LogP contribution in [-0.4, -0.2) is 25.7 Å². The van der Waals surface area contributed by atoms with Gasteiger partial charge in [0.1, 0.15) is 0 Å². The highest BCUT2D eigenvalue weighted by atomic mass is 32.1. The van der Waals surface area contributed by atoms with E-state index < -0.39 is 0 Å². The first kappa shape index (κ1) is 9.99. The van der Waals surface area contributed by atoms with Gasteiger partial charge in [-0.25, -0.2) is 0 Å². The number of hydrogen-bond acceptors (Lipinski definition) is 3. The molecule has 1 saturated heterocycles. The Morgan fingerprint density at radius 1 is 1.57 bits per heavy atom. The maximum atomic E-state index is 3.54. The van der Waals surface area contributed by atoms with Crippen LogP contribution < -0.4 is 10.2 Å². The normalized spacial score (nSPS) is 22.7. The van der Waals surface area contributed by atoms with Gasteiger partial charge in [0.2, 0.25) is 0 Å². The maximum absolute atomic E-state index is 3.54. The van der Waals surface area contributed by atoms with Gasteiger partial charge in [0.05, 0.1) is 5.69 Å². The van der Waals surface area contributed by atoms with E-state index >= 15 is 0 Å². The Kier molecular flexibility index (Phi) is 3.08. The summed E-state index contributed by atoms with van der Waals surface area (Å²) in [5, 5.41) is 8.05. The SMILES string of the molecule is CCC1CN(c2cscc2C)CCN1. The Labute approximate surface area is 89.9 Å². The van der Waals surface area contributed by atoms with E-state index in [-0.39, 0.29) is 0 Å². The minimum atomic E-state index is 0.669. The van der Waals surface area contributed by atoms with Gasteiger partial charge in [-0.3, -0.25) is 0 Å². The lowest BCUT2D eigenvalue weighted by Crippen LogP contribution is -2.50. The van der Waals surface area contributed by atoms with Gasteiger partial charge in [-0.1, -0.05) is 6.92 Å². The van der Waals surface area contributed by atoms with Crippen molar-refractivity contribution >= 4 is 17.0 Å². The van der Waals surface area contributed by atoms with Gasteiger partial charge in [-0.05, 0) is 24.3 Å². The van der Waals surface area contributed by atoms with E-state index in [1.807, 2.05) is 0 Å². The Morgan fingerprint density at radius 3 is 3.07 bits per heavy atom. The second-order valence-corrected chi connectivity index (χ2v) is 4.69. The highest BCUT2D eigenvalue weighted by Gasteiger charge is 2.19. The third-order valence-corrected chi connectivity index (χ3v) is 3.77. The van der Waals surface area contributed by atoms with Crippen molar-refractivity contribution in [1.82, 2.24) is 5.32 Å². The molecule has 2 nitrogen and oxygen atoms in total. The fraction of sp³-hybridized carbons (Fsp3) is 0.636. The van der Waals surface area contributed by atoms with Crippen LogP contribution in [0.4, 0.5) is 5.69 Å². The van der Waals surface area contributed by atoms with Crippen LogP contribution in [0.5, 0.6) is 0 Å². The number of thiophene rings is 1. The van der Waals surface area contributed by atoms with Crippen molar-refractivity contribution in [1.29, 1.82) is 0 Å². The number of nitrogens with one attached hydrogen (secondary N) is 1. The van der Waals surface area contributed by atoms with Gasteiger partial charge >= 0.3 is 0 Å². The standard InChI is InChI=1S/C11H18N2S/c1-3-10-6-13(5-4-12-10)11-8-14-7-9(11)2/h7-8,10,12H,3-6H2,1-2H3. The third kappa shape index (κ3) is 1.93. The quantitative estimate of drug-likeness (QED) is 0.805. The van der Waals surface area contributed by atoms with Crippen LogP contribution in [0.3, 0.4) is 0 Å². The van der Waals surface area contributed by atoms with Crippen molar-refractivity contribution in [3.63, 3.8) is 0 Å². The second-order valence-electron chi connectivity index (χ2n) is 3.95. The summed E-state index contributed by atoms with van der Waals surface area (Å²) >= 11 is 1.81. The molecule has 78 valence electrons. The number of nitrogens with zero attached hydrogens (tertiary/aromatic N) is 1. The van der Waals surface area contributed by atoms with E-state index in [1.54, 1.807) is 11.3 Å². The number of piperazine rings is 1. The van der Waals surface area contributed by atoms with E-state index in [0.717, 1.165) is 19.6 Å². The molecule has 0 aliphatic carbocycles. The molecule has 0 aromatic carbocycles. The molecular formula is C11H18N2S. The number of rotatable bonds is 2. The van der Waals surface area contributed by atoms with Crippen LogP contribution in [0.2, 0.25) is 0 Å². The van der Waals surface area contributed by atoms with Crippen LogP contribution in [0.25, 0.3) is 0 Å². The Morgan fingerprint density at radius 2 is 2.43 bits per heavy atom. The van der Waals surface area contributed by atoms with Crippen molar-refractivity contribution in [2.75, 3.05) is 24.5 Å². The molecule has 1 unspecified atom stereocenters. The summed E-state index contributed by atoms with van der Waals surface area (Å²) in [6.45, 7) is 7.88. The summed E-state index contributed by atoms with van der Waals surface area (Å²) in [4.78, 5) is 2.51. The second kappa shape index (κ2) is 4.32. The molecule has 1 aromatic heterocycles. The summed E-state index contributed by atoms with van der Waals surface area (Å²) in [5.74, 6) is 0. The fourth-order valence-corrected chi connectivity index (χ4v) is 2.85. The summed E-state index contributed by atoms with van der Waals surface area (Å²) in [6.07, 6.45) is 1.22. The van der Waals surface area contributed by atoms with Crippen LogP contribution >= 0.6 is 11.3 Å². The van der Waals surface area contributed by atoms with E-state index in [2.05, 4.69) is 34.8 Å². The minimum Gasteiger partial charge on any atom is -0.368 e. The predicted octanol–water partition coefficient (Wildman–Crippen LogP) is 2.24. The highest BCUT2D eigenvalue weighted by Crippen LogP contribution is 2.25. The molecule has 0 saturated carbocycles. The third-order valence-electron chi connectivity index (χ3n) is 2.92. The zero-order valence-corrected chi connectivity index (χ0v) is 9.73. The molecule has 2 heterocycles. The Balaban J connectivity index is 2.08. The van der Waals surface area contributed by atoms with Crippen LogP contribution in [-0.2, 0) is 0 Å². The first-order valence-electron chi connectivity index (χ1n) is 5.32. The largest absolute Gasteiger partial charge is 0.368 e. The van der Waals surface area contributed by atoms with Gasteiger partial charge in [0.25, 0.3) is 0 Å². The topological polar surface area (TPSA) is 15.3 Å². The summed E-state index contributed by atoms with van der Waals surface area (Å²) in [5.41, 5.74) is 2.86. The molecule has 1 atom stereocenters. The van der Waals surface area contributed by atoms with E-state index in [4.69, 9.17) is 0 Å². The number of anilines is 1. The van der Waals surface area contributed by atoms with Gasteiger partial charge in [-0.2, -0.15) is 0 Å². The lowest BCUT2D eigenvalue weighted by atomic mass is 10.1. The van der Waals surface area contributed by atoms with Crippen molar-refractivity contribution < 1.29 is 0 Å². The molecule has 0 spiro atoms. The maximum Gasteiger partial charge on any atom is 0.0505 e. The first-order chi connectivity index (χ1) is 6.81. The van der Waals surface area contributed by atoms with Crippen molar-refractivity contribution in [3.05, 3.63) is 16.3 Å². The number of hydrogen-bond donors (Lipinski definition) is 1. The van der Waals surface area contributed by atoms with Gasteiger partial charge in [0, 0.05) is 31.1 Å². The molecular weight excluding hydrogens is 192 g/mol. The molecule has 3 heteroatoms. The average Bonchev–Trinajstić information content (AvgIpc) is 2.65. The van der Waals surface area contributed by atoms with Crippen molar-refractivity contribution in [2.45, 2.75) is 26.3 Å². The minimum absolute atomic E-state index is 0.669. The summed E-state index contributed by atoms with van der Waals surface area (Å²) < 4.78 is 0. The monoisotopic (exact) mass is 210 g/mol. The van der Waals surface area contributed by atoms with Crippen LogP contribution in [0.1, 0.15) is 18.9 Å². The fourth-order valence-electron chi connectivity index (χ4n) is 2.00. The van der Waals surface area contributed by atoms with Gasteiger partial charge in [-0.15, -0.1) is 11.3 Å². The molecule has 2 rings (SSSR count). The van der Waals surface area contributed by atoms with Gasteiger partial charge < -0.3 is 10.2 Å². The first-order valence-corrected chi connectivity index (χ1v) is 6.26. The molecule has 1 aliphatic rings. The van der Waals surface area contributed by atoms with Crippen LogP contribution in [0.15, 0.2) is 10.8 Å². The molecule has 0 amide bonds. The Bertz CT molecular complexity index is 295. The predicted molar refractivity (Wildman–Crippen MR) is 63.4 cm³/mol. The molecule has 0 bridgehead atoms. The molecule has 1 aromatic rings.